The minimum atomic E-state index is 0.0686. The second kappa shape index (κ2) is 5.33. The zero-order chi connectivity index (χ0) is 15.8. The molecule has 2 heteroatoms. The van der Waals surface area contributed by atoms with Crippen LogP contribution in [0.4, 0.5) is 5.69 Å². The van der Waals surface area contributed by atoms with Crippen molar-refractivity contribution < 1.29 is 4.79 Å². The number of nitrogens with zero attached hydrogens (tertiary/aromatic N) is 1. The molecule has 1 aliphatic carbocycles. The lowest BCUT2D eigenvalue weighted by Gasteiger charge is -2.20. The van der Waals surface area contributed by atoms with Gasteiger partial charge in [-0.15, -0.1) is 0 Å². The van der Waals surface area contributed by atoms with Crippen LogP contribution >= 0.6 is 0 Å². The van der Waals surface area contributed by atoms with Gasteiger partial charge in [0.25, 0.3) is 0 Å². The van der Waals surface area contributed by atoms with Crippen LogP contribution in [0.5, 0.6) is 0 Å². The van der Waals surface area contributed by atoms with Crippen LogP contribution in [0, 0.1) is 6.92 Å². The van der Waals surface area contributed by atoms with E-state index in [1.807, 2.05) is 72.8 Å². The van der Waals surface area contributed by atoms with Crippen LogP contribution in [0.15, 0.2) is 77.8 Å². The molecule has 0 aromatic heterocycles. The second-order valence-electron chi connectivity index (χ2n) is 5.72. The molecule has 0 spiro atoms. The molecular formula is C21H15NO. The molecule has 0 bridgehead atoms. The summed E-state index contributed by atoms with van der Waals surface area (Å²) in [6, 6.07) is 23.5. The van der Waals surface area contributed by atoms with E-state index in [2.05, 4.69) is 6.92 Å². The van der Waals surface area contributed by atoms with Gasteiger partial charge in [0.15, 0.2) is 5.78 Å². The van der Waals surface area contributed by atoms with Crippen LogP contribution in [-0.2, 0) is 0 Å². The quantitative estimate of drug-likeness (QED) is 0.500. The minimum absolute atomic E-state index is 0.0686. The molecule has 1 aliphatic rings. The van der Waals surface area contributed by atoms with E-state index in [1.165, 1.54) is 5.56 Å². The molecule has 0 N–H and O–H groups in total. The Bertz CT molecular complexity index is 885. The van der Waals surface area contributed by atoms with Gasteiger partial charge in [-0.1, -0.05) is 66.2 Å². The SMILES string of the molecule is Cc1ccc(N=C2c3ccccc3C(=O)c3ccccc32)cc1. The Hall–Kier alpha value is -3.00. The van der Waals surface area contributed by atoms with E-state index < -0.39 is 0 Å². The van der Waals surface area contributed by atoms with Crippen LogP contribution in [0.3, 0.4) is 0 Å². The van der Waals surface area contributed by atoms with Gasteiger partial charge >= 0.3 is 0 Å². The third-order valence-electron chi connectivity index (χ3n) is 4.13. The highest BCUT2D eigenvalue weighted by molar-refractivity contribution is 6.30. The van der Waals surface area contributed by atoms with Crippen LogP contribution in [-0.4, -0.2) is 11.5 Å². The number of carbonyl (C=O) groups excluding carboxylic acids is 1. The van der Waals surface area contributed by atoms with Crippen molar-refractivity contribution >= 4 is 17.2 Å². The monoisotopic (exact) mass is 297 g/mol. The lowest BCUT2D eigenvalue weighted by Crippen LogP contribution is -2.21. The van der Waals surface area contributed by atoms with Gasteiger partial charge in [-0.3, -0.25) is 4.79 Å². The van der Waals surface area contributed by atoms with E-state index >= 15 is 0 Å². The standard InChI is InChI=1S/C21H15NO/c1-14-10-12-15(13-11-14)22-20-16-6-2-4-8-18(16)21(23)19-9-5-3-7-17(19)20/h2-13H,1H3. The Morgan fingerprint density at radius 3 is 1.65 bits per heavy atom. The number of fused-ring (bicyclic) bond motifs is 2. The molecule has 0 fully saturated rings. The third kappa shape index (κ3) is 2.29. The van der Waals surface area contributed by atoms with E-state index in [0.29, 0.717) is 0 Å². The summed E-state index contributed by atoms with van der Waals surface area (Å²) >= 11 is 0. The summed E-state index contributed by atoms with van der Waals surface area (Å²) in [4.78, 5) is 17.5. The maximum absolute atomic E-state index is 12.7. The topological polar surface area (TPSA) is 29.4 Å². The highest BCUT2D eigenvalue weighted by Gasteiger charge is 2.27. The number of aliphatic imine (C=N–C) groups is 1. The van der Waals surface area contributed by atoms with Crippen LogP contribution in [0.1, 0.15) is 32.6 Å². The second-order valence-corrected chi connectivity index (χ2v) is 5.72. The first-order chi connectivity index (χ1) is 11.2. The molecule has 0 aliphatic heterocycles. The van der Waals surface area contributed by atoms with Crippen molar-refractivity contribution in [3.8, 4) is 0 Å². The van der Waals surface area contributed by atoms with Gasteiger partial charge in [0.1, 0.15) is 0 Å². The van der Waals surface area contributed by atoms with Crippen LogP contribution in [0.2, 0.25) is 0 Å². The van der Waals surface area contributed by atoms with Gasteiger partial charge in [0.2, 0.25) is 0 Å². The molecule has 2 nitrogen and oxygen atoms in total. The first-order valence-electron chi connectivity index (χ1n) is 7.63. The van der Waals surface area contributed by atoms with Crippen molar-refractivity contribution in [1.82, 2.24) is 0 Å². The molecule has 0 saturated carbocycles. The van der Waals surface area contributed by atoms with Gasteiger partial charge in [0, 0.05) is 22.3 Å². The molecular weight excluding hydrogens is 282 g/mol. The molecule has 0 atom stereocenters. The number of hydrogen-bond donors (Lipinski definition) is 0. The summed E-state index contributed by atoms with van der Waals surface area (Å²) in [5.41, 5.74) is 6.19. The molecule has 3 aromatic rings. The van der Waals surface area contributed by atoms with Gasteiger partial charge in [0.05, 0.1) is 11.4 Å². The Morgan fingerprint density at radius 1 is 0.652 bits per heavy atom. The van der Waals surface area contributed by atoms with Crippen molar-refractivity contribution in [1.29, 1.82) is 0 Å². The fraction of sp³-hybridized carbons (Fsp3) is 0.0476. The number of hydrogen-bond acceptors (Lipinski definition) is 2. The maximum Gasteiger partial charge on any atom is 0.194 e. The highest BCUT2D eigenvalue weighted by atomic mass is 16.1. The molecule has 4 rings (SSSR count). The Labute approximate surface area is 135 Å². The number of aryl methyl sites for hydroxylation is 1. The molecule has 0 amide bonds. The number of benzene rings is 3. The summed E-state index contributed by atoms with van der Waals surface area (Å²) < 4.78 is 0. The van der Waals surface area contributed by atoms with Crippen LogP contribution < -0.4 is 0 Å². The fourth-order valence-corrected chi connectivity index (χ4v) is 2.93. The summed E-state index contributed by atoms with van der Waals surface area (Å²) in [7, 11) is 0. The van der Waals surface area contributed by atoms with Crippen molar-refractivity contribution in [2.24, 2.45) is 4.99 Å². The molecule has 23 heavy (non-hydrogen) atoms. The zero-order valence-corrected chi connectivity index (χ0v) is 12.8. The summed E-state index contributed by atoms with van der Waals surface area (Å²) in [5, 5.41) is 0. The Morgan fingerprint density at radius 2 is 1.13 bits per heavy atom. The first kappa shape index (κ1) is 13.6. The van der Waals surface area contributed by atoms with E-state index in [1.54, 1.807) is 0 Å². The average molecular weight is 297 g/mol. The zero-order valence-electron chi connectivity index (χ0n) is 12.8. The highest BCUT2D eigenvalue weighted by Crippen LogP contribution is 2.29. The van der Waals surface area contributed by atoms with Gasteiger partial charge in [-0.05, 0) is 19.1 Å². The lowest BCUT2D eigenvalue weighted by molar-refractivity contribution is 0.103. The van der Waals surface area contributed by atoms with Gasteiger partial charge in [-0.2, -0.15) is 0 Å². The summed E-state index contributed by atoms with van der Waals surface area (Å²) in [6.45, 7) is 2.06. The van der Waals surface area contributed by atoms with Crippen molar-refractivity contribution in [3.05, 3.63) is 101 Å². The smallest absolute Gasteiger partial charge is 0.194 e. The molecule has 0 radical (unpaired) electrons. The lowest BCUT2D eigenvalue weighted by atomic mass is 9.83. The predicted molar refractivity (Wildman–Crippen MR) is 92.8 cm³/mol. The summed E-state index contributed by atoms with van der Waals surface area (Å²) in [5.74, 6) is 0.0686. The molecule has 0 saturated heterocycles. The summed E-state index contributed by atoms with van der Waals surface area (Å²) in [6.07, 6.45) is 0. The maximum atomic E-state index is 12.7. The van der Waals surface area contributed by atoms with E-state index in [9.17, 15) is 4.79 Å². The first-order valence-corrected chi connectivity index (χ1v) is 7.63. The average Bonchev–Trinajstić information content (AvgIpc) is 2.60. The Balaban J connectivity index is 1.98. The number of ketones is 1. The van der Waals surface area contributed by atoms with Crippen molar-refractivity contribution in [3.63, 3.8) is 0 Å². The Kier molecular flexibility index (Phi) is 3.16. The van der Waals surface area contributed by atoms with E-state index in [-0.39, 0.29) is 5.78 Å². The predicted octanol–water partition coefficient (Wildman–Crippen LogP) is 4.71. The van der Waals surface area contributed by atoms with Crippen molar-refractivity contribution in [2.75, 3.05) is 0 Å². The molecule has 0 unspecified atom stereocenters. The third-order valence-corrected chi connectivity index (χ3v) is 4.13. The van der Waals surface area contributed by atoms with E-state index in [0.717, 1.165) is 33.7 Å². The normalized spacial score (nSPS) is 12.6. The molecule has 110 valence electrons. The van der Waals surface area contributed by atoms with Crippen molar-refractivity contribution in [2.45, 2.75) is 6.92 Å². The van der Waals surface area contributed by atoms with Gasteiger partial charge in [-0.25, -0.2) is 4.99 Å². The van der Waals surface area contributed by atoms with E-state index in [4.69, 9.17) is 4.99 Å². The largest absolute Gasteiger partial charge is 0.289 e. The van der Waals surface area contributed by atoms with Gasteiger partial charge < -0.3 is 0 Å². The number of rotatable bonds is 1. The molecule has 3 aromatic carbocycles. The number of carbonyl (C=O) groups is 1. The fourth-order valence-electron chi connectivity index (χ4n) is 2.93. The molecule has 0 heterocycles. The van der Waals surface area contributed by atoms with Crippen LogP contribution in [0.25, 0.3) is 0 Å². The minimum Gasteiger partial charge on any atom is -0.289 e.